The van der Waals surface area contributed by atoms with Gasteiger partial charge in [-0.3, -0.25) is 14.7 Å². The molecule has 0 bridgehead atoms. The molecule has 6 nitrogen and oxygen atoms in total. The van der Waals surface area contributed by atoms with Crippen LogP contribution >= 0.6 is 23.5 Å². The van der Waals surface area contributed by atoms with Gasteiger partial charge < -0.3 is 4.42 Å². The minimum absolute atomic E-state index is 0.0855. The maximum atomic E-state index is 13.3. The zero-order valence-corrected chi connectivity index (χ0v) is 19.7. The maximum Gasteiger partial charge on any atom is 0.267 e. The van der Waals surface area contributed by atoms with Crippen molar-refractivity contribution in [2.75, 3.05) is 0 Å². The zero-order valence-electron chi connectivity index (χ0n) is 18.1. The smallest absolute Gasteiger partial charge is 0.267 e. The quantitative estimate of drug-likeness (QED) is 0.240. The van der Waals surface area contributed by atoms with Crippen LogP contribution < -0.4 is 0 Å². The van der Waals surface area contributed by atoms with Crippen LogP contribution in [0.4, 0.5) is 0 Å². The molecule has 0 saturated carbocycles. The Kier molecular flexibility index (Phi) is 6.88. The first kappa shape index (κ1) is 22.2. The van der Waals surface area contributed by atoms with Crippen LogP contribution in [-0.4, -0.2) is 25.9 Å². The van der Waals surface area contributed by atoms with Gasteiger partial charge in [0.1, 0.15) is 5.76 Å². The Morgan fingerprint density at radius 3 is 2.35 bits per heavy atom. The Bertz CT molecular complexity index is 1320. The first-order chi connectivity index (χ1) is 16.7. The van der Waals surface area contributed by atoms with Crippen LogP contribution in [0.2, 0.25) is 0 Å². The molecule has 0 N–H and O–H groups in total. The van der Waals surface area contributed by atoms with Gasteiger partial charge >= 0.3 is 0 Å². The zero-order chi connectivity index (χ0) is 23.2. The SMILES string of the molecule is O=C1C(=Cc2ccc(Sc3ncccn3)o2)SC(=NCc2ccccc2)N1Cc1ccccc1. The lowest BCUT2D eigenvalue weighted by molar-refractivity contribution is -0.122. The standard InChI is InChI=1S/C26H20N4O2S2/c31-24-22(16-21-12-13-23(32-21)34-25-27-14-7-15-28-25)33-26(29-17-19-8-3-1-4-9-19)30(24)18-20-10-5-2-6-11-20/h1-16H,17-18H2. The van der Waals surface area contributed by atoms with E-state index >= 15 is 0 Å². The third-order valence-corrected chi connectivity index (χ3v) is 6.78. The summed E-state index contributed by atoms with van der Waals surface area (Å²) in [6, 6.07) is 25.4. The van der Waals surface area contributed by atoms with Crippen molar-refractivity contribution in [2.45, 2.75) is 23.3 Å². The summed E-state index contributed by atoms with van der Waals surface area (Å²) in [7, 11) is 0. The van der Waals surface area contributed by atoms with Gasteiger partial charge in [-0.15, -0.1) is 0 Å². The van der Waals surface area contributed by atoms with Crippen LogP contribution in [0.25, 0.3) is 6.08 Å². The summed E-state index contributed by atoms with van der Waals surface area (Å²) in [6.07, 6.45) is 5.14. The molecular formula is C26H20N4O2S2. The van der Waals surface area contributed by atoms with Crippen molar-refractivity contribution in [1.29, 1.82) is 0 Å². The van der Waals surface area contributed by atoms with E-state index in [2.05, 4.69) is 9.97 Å². The van der Waals surface area contributed by atoms with Crippen molar-refractivity contribution < 1.29 is 9.21 Å². The molecule has 0 atom stereocenters. The van der Waals surface area contributed by atoms with Crippen LogP contribution in [0.5, 0.6) is 0 Å². The highest BCUT2D eigenvalue weighted by atomic mass is 32.2. The average molecular weight is 485 g/mol. The molecule has 2 aromatic carbocycles. The summed E-state index contributed by atoms with van der Waals surface area (Å²) in [6.45, 7) is 0.968. The third-order valence-electron chi connectivity index (χ3n) is 4.92. The molecule has 34 heavy (non-hydrogen) atoms. The molecule has 1 aliphatic rings. The van der Waals surface area contributed by atoms with Crippen molar-refractivity contribution in [3.8, 4) is 0 Å². The Morgan fingerprint density at radius 2 is 1.62 bits per heavy atom. The number of benzene rings is 2. The minimum atomic E-state index is -0.0855. The number of carbonyl (C=O) groups excluding carboxylic acids is 1. The Labute approximate surface area is 205 Å². The predicted molar refractivity (Wildman–Crippen MR) is 135 cm³/mol. The monoisotopic (exact) mass is 484 g/mol. The van der Waals surface area contributed by atoms with Crippen molar-refractivity contribution in [3.05, 3.63) is 113 Å². The topological polar surface area (TPSA) is 71.6 Å². The molecule has 1 saturated heterocycles. The molecule has 1 aliphatic heterocycles. The highest BCUT2D eigenvalue weighted by molar-refractivity contribution is 8.18. The summed E-state index contributed by atoms with van der Waals surface area (Å²) in [5.41, 5.74) is 2.14. The number of hydrogen-bond acceptors (Lipinski definition) is 7. The molecule has 2 aromatic heterocycles. The van der Waals surface area contributed by atoms with Gasteiger partial charge in [-0.05, 0) is 52.8 Å². The van der Waals surface area contributed by atoms with Crippen LogP contribution in [0.15, 0.2) is 116 Å². The molecule has 0 spiro atoms. The average Bonchev–Trinajstić information content (AvgIpc) is 3.44. The number of rotatable bonds is 7. The van der Waals surface area contributed by atoms with Gasteiger partial charge in [0.15, 0.2) is 15.4 Å². The Hall–Kier alpha value is -3.62. The number of hydrogen-bond donors (Lipinski definition) is 0. The highest BCUT2D eigenvalue weighted by Gasteiger charge is 2.33. The fourth-order valence-electron chi connectivity index (χ4n) is 3.30. The molecule has 0 radical (unpaired) electrons. The molecule has 5 rings (SSSR count). The molecule has 168 valence electrons. The minimum Gasteiger partial charge on any atom is -0.450 e. The summed E-state index contributed by atoms with van der Waals surface area (Å²) in [5.74, 6) is 0.510. The van der Waals surface area contributed by atoms with Gasteiger partial charge in [-0.2, -0.15) is 0 Å². The van der Waals surface area contributed by atoms with E-state index in [0.717, 1.165) is 11.1 Å². The molecule has 0 unspecified atom stereocenters. The van der Waals surface area contributed by atoms with E-state index in [1.54, 1.807) is 29.4 Å². The van der Waals surface area contributed by atoms with E-state index in [9.17, 15) is 4.79 Å². The molecule has 4 aromatic rings. The Morgan fingerprint density at radius 1 is 0.912 bits per heavy atom. The van der Waals surface area contributed by atoms with Gasteiger partial charge in [0, 0.05) is 18.5 Å². The lowest BCUT2D eigenvalue weighted by Gasteiger charge is -2.15. The van der Waals surface area contributed by atoms with E-state index in [1.165, 1.54) is 23.5 Å². The fraction of sp³-hybridized carbons (Fsp3) is 0.0769. The predicted octanol–water partition coefficient (Wildman–Crippen LogP) is 5.89. The second-order valence-corrected chi connectivity index (χ2v) is 9.34. The third kappa shape index (κ3) is 5.47. The van der Waals surface area contributed by atoms with Crippen LogP contribution in [0, 0.1) is 0 Å². The van der Waals surface area contributed by atoms with Crippen molar-refractivity contribution in [3.63, 3.8) is 0 Å². The molecule has 1 fully saturated rings. The maximum absolute atomic E-state index is 13.3. The van der Waals surface area contributed by atoms with Crippen molar-refractivity contribution in [1.82, 2.24) is 14.9 Å². The molecule has 8 heteroatoms. The van der Waals surface area contributed by atoms with Crippen molar-refractivity contribution in [2.24, 2.45) is 4.99 Å². The van der Waals surface area contributed by atoms with Crippen molar-refractivity contribution >= 4 is 40.7 Å². The number of amidine groups is 1. The van der Waals surface area contributed by atoms with E-state index in [0.29, 0.717) is 39.2 Å². The summed E-state index contributed by atoms with van der Waals surface area (Å²) < 4.78 is 5.90. The number of nitrogens with zero attached hydrogens (tertiary/aromatic N) is 4. The van der Waals surface area contributed by atoms with E-state index in [1.807, 2.05) is 72.8 Å². The van der Waals surface area contributed by atoms with E-state index < -0.39 is 0 Å². The van der Waals surface area contributed by atoms with Gasteiger partial charge in [-0.1, -0.05) is 60.7 Å². The first-order valence-electron chi connectivity index (χ1n) is 10.6. The van der Waals surface area contributed by atoms with Gasteiger partial charge in [0.05, 0.1) is 18.0 Å². The number of amides is 1. The number of thioether (sulfide) groups is 1. The first-order valence-corrected chi connectivity index (χ1v) is 12.3. The van der Waals surface area contributed by atoms with Gasteiger partial charge in [-0.25, -0.2) is 9.97 Å². The summed E-state index contributed by atoms with van der Waals surface area (Å²) >= 11 is 2.70. The van der Waals surface area contributed by atoms with Crippen LogP contribution in [-0.2, 0) is 17.9 Å². The Balaban J connectivity index is 1.38. The fourth-order valence-corrected chi connectivity index (χ4v) is 4.93. The lowest BCUT2D eigenvalue weighted by Crippen LogP contribution is -2.28. The molecular weight excluding hydrogens is 464 g/mol. The second kappa shape index (κ2) is 10.5. The number of aromatic nitrogens is 2. The number of furan rings is 1. The number of aliphatic imine (C=N–C) groups is 1. The summed E-state index contributed by atoms with van der Waals surface area (Å²) in [5, 5.41) is 1.95. The van der Waals surface area contributed by atoms with Crippen LogP contribution in [0.3, 0.4) is 0 Å². The summed E-state index contributed by atoms with van der Waals surface area (Å²) in [4.78, 5) is 28.8. The normalized spacial score (nSPS) is 16.0. The van der Waals surface area contributed by atoms with Gasteiger partial charge in [0.2, 0.25) is 0 Å². The lowest BCUT2D eigenvalue weighted by atomic mass is 10.2. The molecule has 3 heterocycles. The largest absolute Gasteiger partial charge is 0.450 e. The molecule has 1 amide bonds. The van der Waals surface area contributed by atoms with Crippen LogP contribution in [0.1, 0.15) is 16.9 Å². The number of carbonyl (C=O) groups is 1. The molecule has 0 aliphatic carbocycles. The second-order valence-electron chi connectivity index (χ2n) is 7.36. The van der Waals surface area contributed by atoms with E-state index in [-0.39, 0.29) is 5.91 Å². The van der Waals surface area contributed by atoms with Gasteiger partial charge in [0.25, 0.3) is 5.91 Å². The highest BCUT2D eigenvalue weighted by Crippen LogP contribution is 2.35. The van der Waals surface area contributed by atoms with E-state index in [4.69, 9.17) is 9.41 Å².